The predicted molar refractivity (Wildman–Crippen MR) is 102 cm³/mol. The standard InChI is InChI=1S/C21H27NO3/c1-6-25-21(24)17-12-16-10-11-18(23)19(20(16)22-17)15(5)14(4)9-7-8-13(2)3/h8,10-12,15,22-23H,4,6-7,9H2,1-3,5H3. The van der Waals surface area contributed by atoms with Crippen molar-refractivity contribution < 1.29 is 14.6 Å². The van der Waals surface area contributed by atoms with Crippen LogP contribution in [0.25, 0.3) is 10.9 Å². The van der Waals surface area contributed by atoms with E-state index in [1.165, 1.54) is 5.57 Å². The van der Waals surface area contributed by atoms with Crippen molar-refractivity contribution in [1.82, 2.24) is 4.98 Å². The first-order valence-corrected chi connectivity index (χ1v) is 8.67. The number of esters is 1. The summed E-state index contributed by atoms with van der Waals surface area (Å²) < 4.78 is 5.05. The molecule has 1 aromatic heterocycles. The predicted octanol–water partition coefficient (Wildman–Crippen LogP) is 5.46. The fraction of sp³-hybridized carbons (Fsp3) is 0.381. The topological polar surface area (TPSA) is 62.3 Å². The van der Waals surface area contributed by atoms with E-state index in [1.54, 1.807) is 25.1 Å². The van der Waals surface area contributed by atoms with Gasteiger partial charge in [-0.3, -0.25) is 0 Å². The van der Waals surface area contributed by atoms with E-state index in [4.69, 9.17) is 4.74 Å². The van der Waals surface area contributed by atoms with E-state index in [0.29, 0.717) is 12.3 Å². The van der Waals surface area contributed by atoms with E-state index >= 15 is 0 Å². The van der Waals surface area contributed by atoms with Gasteiger partial charge >= 0.3 is 5.97 Å². The zero-order valence-corrected chi connectivity index (χ0v) is 15.5. The van der Waals surface area contributed by atoms with Gasteiger partial charge in [-0.05, 0) is 51.8 Å². The van der Waals surface area contributed by atoms with Gasteiger partial charge in [0.2, 0.25) is 0 Å². The monoisotopic (exact) mass is 341 g/mol. The van der Waals surface area contributed by atoms with Gasteiger partial charge < -0.3 is 14.8 Å². The van der Waals surface area contributed by atoms with Crippen LogP contribution in [0.1, 0.15) is 62.5 Å². The number of carbonyl (C=O) groups is 1. The van der Waals surface area contributed by atoms with Crippen molar-refractivity contribution in [3.8, 4) is 5.75 Å². The van der Waals surface area contributed by atoms with E-state index in [1.807, 2.05) is 6.92 Å². The van der Waals surface area contributed by atoms with E-state index in [-0.39, 0.29) is 17.6 Å². The molecule has 1 unspecified atom stereocenters. The van der Waals surface area contributed by atoms with Gasteiger partial charge in [-0.1, -0.05) is 30.7 Å². The zero-order valence-electron chi connectivity index (χ0n) is 15.5. The fourth-order valence-corrected chi connectivity index (χ4v) is 2.94. The molecule has 1 aromatic carbocycles. The molecule has 1 heterocycles. The second kappa shape index (κ2) is 8.06. The van der Waals surface area contributed by atoms with Crippen LogP contribution >= 0.6 is 0 Å². The Morgan fingerprint density at radius 3 is 2.76 bits per heavy atom. The molecule has 2 aromatic rings. The fourth-order valence-electron chi connectivity index (χ4n) is 2.94. The first kappa shape index (κ1) is 18.8. The van der Waals surface area contributed by atoms with E-state index < -0.39 is 0 Å². The Morgan fingerprint density at radius 1 is 1.40 bits per heavy atom. The van der Waals surface area contributed by atoms with Crippen LogP contribution in [0.2, 0.25) is 0 Å². The number of phenols is 1. The lowest BCUT2D eigenvalue weighted by Gasteiger charge is -2.17. The van der Waals surface area contributed by atoms with Gasteiger partial charge in [-0.25, -0.2) is 4.79 Å². The number of allylic oxidation sites excluding steroid dienone is 3. The number of aromatic amines is 1. The Bertz CT molecular complexity index is 810. The molecule has 0 saturated heterocycles. The zero-order chi connectivity index (χ0) is 18.6. The number of ether oxygens (including phenoxy) is 1. The maximum absolute atomic E-state index is 12.0. The van der Waals surface area contributed by atoms with Crippen LogP contribution < -0.4 is 0 Å². The summed E-state index contributed by atoms with van der Waals surface area (Å²) in [4.78, 5) is 15.1. The molecule has 0 fully saturated rings. The third-order valence-electron chi connectivity index (χ3n) is 4.37. The van der Waals surface area contributed by atoms with Crippen LogP contribution in [0.15, 0.2) is 42.0 Å². The van der Waals surface area contributed by atoms with Gasteiger partial charge in [-0.15, -0.1) is 0 Å². The molecule has 0 saturated carbocycles. The van der Waals surface area contributed by atoms with Crippen LogP contribution in [0.4, 0.5) is 0 Å². The molecule has 0 bridgehead atoms. The molecule has 2 N–H and O–H groups in total. The number of carbonyl (C=O) groups excluding carboxylic acids is 1. The first-order valence-electron chi connectivity index (χ1n) is 8.67. The lowest BCUT2D eigenvalue weighted by Crippen LogP contribution is -2.05. The number of rotatable bonds is 7. The number of H-pyrrole nitrogens is 1. The highest BCUT2D eigenvalue weighted by Gasteiger charge is 2.20. The van der Waals surface area contributed by atoms with Gasteiger partial charge in [0, 0.05) is 16.9 Å². The number of benzene rings is 1. The molecule has 1 atom stereocenters. The highest BCUT2D eigenvalue weighted by atomic mass is 16.5. The SMILES string of the molecule is C=C(CCC=C(C)C)C(C)c1c(O)ccc2cc(C(=O)OCC)[nH]c12. The second-order valence-electron chi connectivity index (χ2n) is 6.57. The largest absolute Gasteiger partial charge is 0.508 e. The molecule has 134 valence electrons. The Labute approximate surface area is 149 Å². The van der Waals surface area contributed by atoms with Crippen molar-refractivity contribution in [1.29, 1.82) is 0 Å². The van der Waals surface area contributed by atoms with Crippen LogP contribution in [0.5, 0.6) is 5.75 Å². The Hall–Kier alpha value is -2.49. The van der Waals surface area contributed by atoms with Crippen molar-refractivity contribution in [3.05, 3.63) is 53.3 Å². The number of aromatic hydroxyl groups is 1. The smallest absolute Gasteiger partial charge is 0.354 e. The van der Waals surface area contributed by atoms with E-state index in [2.05, 4.69) is 31.5 Å². The van der Waals surface area contributed by atoms with E-state index in [0.717, 1.165) is 34.9 Å². The molecule has 2 rings (SSSR count). The molecule has 0 radical (unpaired) electrons. The van der Waals surface area contributed by atoms with Crippen molar-refractivity contribution in [3.63, 3.8) is 0 Å². The second-order valence-corrected chi connectivity index (χ2v) is 6.57. The van der Waals surface area contributed by atoms with Crippen molar-refractivity contribution >= 4 is 16.9 Å². The van der Waals surface area contributed by atoms with Crippen LogP contribution in [-0.4, -0.2) is 22.7 Å². The van der Waals surface area contributed by atoms with Crippen molar-refractivity contribution in [2.45, 2.75) is 46.5 Å². The maximum atomic E-state index is 12.0. The molecular formula is C21H27NO3. The van der Waals surface area contributed by atoms with Gasteiger partial charge in [0.25, 0.3) is 0 Å². The summed E-state index contributed by atoms with van der Waals surface area (Å²) in [6, 6.07) is 5.22. The molecule has 0 spiro atoms. The lowest BCUT2D eigenvalue weighted by atomic mass is 9.89. The van der Waals surface area contributed by atoms with Crippen molar-refractivity contribution in [2.24, 2.45) is 0 Å². The summed E-state index contributed by atoms with van der Waals surface area (Å²) >= 11 is 0. The van der Waals surface area contributed by atoms with Crippen LogP contribution in [-0.2, 0) is 4.74 Å². The van der Waals surface area contributed by atoms with Crippen LogP contribution in [0, 0.1) is 0 Å². The Kier molecular flexibility index (Phi) is 6.07. The minimum absolute atomic E-state index is 0.0250. The number of aromatic nitrogens is 1. The maximum Gasteiger partial charge on any atom is 0.354 e. The summed E-state index contributed by atoms with van der Waals surface area (Å²) in [5.41, 5.74) is 4.27. The average molecular weight is 341 g/mol. The summed E-state index contributed by atoms with van der Waals surface area (Å²) in [6.07, 6.45) is 3.97. The molecule has 4 nitrogen and oxygen atoms in total. The molecule has 0 amide bonds. The summed E-state index contributed by atoms with van der Waals surface area (Å²) in [5.74, 6) is -0.206. The van der Waals surface area contributed by atoms with Crippen molar-refractivity contribution in [2.75, 3.05) is 6.61 Å². The lowest BCUT2D eigenvalue weighted by molar-refractivity contribution is 0.0520. The summed E-state index contributed by atoms with van der Waals surface area (Å²) in [7, 11) is 0. The van der Waals surface area contributed by atoms with E-state index in [9.17, 15) is 9.90 Å². The Balaban J connectivity index is 2.35. The highest BCUT2D eigenvalue weighted by molar-refractivity contribution is 5.96. The Morgan fingerprint density at radius 2 is 2.12 bits per heavy atom. The minimum atomic E-state index is -0.390. The molecule has 0 aliphatic heterocycles. The van der Waals surface area contributed by atoms with Gasteiger partial charge in [-0.2, -0.15) is 0 Å². The highest BCUT2D eigenvalue weighted by Crippen LogP contribution is 2.37. The molecule has 0 aliphatic rings. The molecular weight excluding hydrogens is 314 g/mol. The number of hydrogen-bond donors (Lipinski definition) is 2. The molecule has 0 aliphatic carbocycles. The first-order chi connectivity index (χ1) is 11.8. The summed E-state index contributed by atoms with van der Waals surface area (Å²) in [5, 5.41) is 11.3. The average Bonchev–Trinajstić information content (AvgIpc) is 2.98. The number of hydrogen-bond acceptors (Lipinski definition) is 3. The number of nitrogens with one attached hydrogen (secondary N) is 1. The number of phenolic OH excluding ortho intramolecular Hbond substituents is 1. The minimum Gasteiger partial charge on any atom is -0.508 e. The molecule has 4 heteroatoms. The van der Waals surface area contributed by atoms with Crippen LogP contribution in [0.3, 0.4) is 0 Å². The normalized spacial score (nSPS) is 12.0. The number of fused-ring (bicyclic) bond motifs is 1. The third kappa shape index (κ3) is 4.32. The van der Waals surface area contributed by atoms with Gasteiger partial charge in [0.1, 0.15) is 11.4 Å². The quantitative estimate of drug-likeness (QED) is 0.519. The summed E-state index contributed by atoms with van der Waals surface area (Å²) in [6.45, 7) is 12.5. The third-order valence-corrected chi connectivity index (χ3v) is 4.37. The van der Waals surface area contributed by atoms with Gasteiger partial charge in [0.15, 0.2) is 0 Å². The molecule has 25 heavy (non-hydrogen) atoms. The van der Waals surface area contributed by atoms with Gasteiger partial charge in [0.05, 0.1) is 12.1 Å².